The first kappa shape index (κ1) is 14.4. The number of pyridine rings is 1. The highest BCUT2D eigenvalue weighted by atomic mass is 79.9. The second-order valence-corrected chi connectivity index (χ2v) is 7.55. The highest BCUT2D eigenvalue weighted by molar-refractivity contribution is 9.09. The molecule has 2 nitrogen and oxygen atoms in total. The number of rotatable bonds is 3. The lowest BCUT2D eigenvalue weighted by atomic mass is 9.74. The van der Waals surface area contributed by atoms with Crippen molar-refractivity contribution < 1.29 is 0 Å². The van der Waals surface area contributed by atoms with Gasteiger partial charge in [-0.3, -0.25) is 9.88 Å². The summed E-state index contributed by atoms with van der Waals surface area (Å²) >= 11 is 4.02. The molecule has 5 atom stereocenters. The lowest BCUT2D eigenvalue weighted by Crippen LogP contribution is -2.54. The molecular weight excluding hydrogens is 336 g/mol. The molecule has 1 aromatic carbocycles. The van der Waals surface area contributed by atoms with Gasteiger partial charge in [-0.15, -0.1) is 6.58 Å². The first-order valence-electron chi connectivity index (χ1n) is 8.12. The van der Waals surface area contributed by atoms with Crippen LogP contribution in [0.1, 0.15) is 23.2 Å². The maximum absolute atomic E-state index is 4.49. The van der Waals surface area contributed by atoms with Crippen molar-refractivity contribution >= 4 is 26.8 Å². The Labute approximate surface area is 140 Å². The molecule has 0 aliphatic carbocycles. The summed E-state index contributed by atoms with van der Waals surface area (Å²) in [6.07, 6.45) is 6.69. The molecule has 0 radical (unpaired) electrons. The molecule has 5 rings (SSSR count). The van der Waals surface area contributed by atoms with Gasteiger partial charge >= 0.3 is 0 Å². The van der Waals surface area contributed by atoms with Crippen molar-refractivity contribution in [3.8, 4) is 0 Å². The predicted octanol–water partition coefficient (Wildman–Crippen LogP) is 4.57. The van der Waals surface area contributed by atoms with Crippen LogP contribution in [0.4, 0.5) is 0 Å². The second-order valence-electron chi connectivity index (χ2n) is 6.57. The van der Waals surface area contributed by atoms with Gasteiger partial charge < -0.3 is 0 Å². The molecule has 3 aliphatic heterocycles. The Hall–Kier alpha value is -1.19. The van der Waals surface area contributed by atoms with E-state index >= 15 is 0 Å². The van der Waals surface area contributed by atoms with E-state index in [4.69, 9.17) is 0 Å². The SMILES string of the molecule is C=C[C@H]1CN2CC[C@H]1C[C@H]2[C@H](Br)c1ccnc2ccccc12. The third-order valence-electron chi connectivity index (χ3n) is 5.47. The van der Waals surface area contributed by atoms with Crippen molar-refractivity contribution in [2.24, 2.45) is 11.8 Å². The fourth-order valence-corrected chi connectivity index (χ4v) is 5.20. The van der Waals surface area contributed by atoms with E-state index in [1.165, 1.54) is 36.9 Å². The van der Waals surface area contributed by atoms with Gasteiger partial charge in [-0.05, 0) is 48.9 Å². The van der Waals surface area contributed by atoms with Crippen molar-refractivity contribution in [1.29, 1.82) is 0 Å². The summed E-state index contributed by atoms with van der Waals surface area (Å²) in [7, 11) is 0. The minimum atomic E-state index is 0.369. The van der Waals surface area contributed by atoms with Gasteiger partial charge in [-0.25, -0.2) is 0 Å². The fourth-order valence-electron chi connectivity index (χ4n) is 4.25. The standard InChI is InChI=1S/C19H21BrN2/c1-2-13-12-22-10-8-14(13)11-18(22)19(20)16-7-9-21-17-6-4-3-5-15(16)17/h2-7,9,13-14,18-19H,1,8,10-12H2/t13-,14-,18-,19+/m0/s1. The zero-order chi connectivity index (χ0) is 15.1. The summed E-state index contributed by atoms with van der Waals surface area (Å²) in [6.45, 7) is 6.42. The van der Waals surface area contributed by atoms with Crippen molar-refractivity contribution in [1.82, 2.24) is 9.88 Å². The highest BCUT2D eigenvalue weighted by Gasteiger charge is 2.41. The van der Waals surface area contributed by atoms with Gasteiger partial charge in [0.05, 0.1) is 10.3 Å². The molecule has 0 spiro atoms. The molecule has 4 heterocycles. The van der Waals surface area contributed by atoms with Crippen LogP contribution < -0.4 is 0 Å². The van der Waals surface area contributed by atoms with Gasteiger partial charge in [0, 0.05) is 24.2 Å². The molecule has 2 aromatic rings. The van der Waals surface area contributed by atoms with E-state index in [2.05, 4.69) is 68.8 Å². The quantitative estimate of drug-likeness (QED) is 0.591. The number of nitrogens with zero attached hydrogens (tertiary/aromatic N) is 2. The number of piperidine rings is 3. The number of benzene rings is 1. The van der Waals surface area contributed by atoms with Crippen molar-refractivity contribution in [3.05, 3.63) is 54.7 Å². The van der Waals surface area contributed by atoms with Crippen LogP contribution in [0.3, 0.4) is 0 Å². The predicted molar refractivity (Wildman–Crippen MR) is 95.2 cm³/mol. The largest absolute Gasteiger partial charge is 0.298 e. The van der Waals surface area contributed by atoms with Crippen LogP contribution in [0.2, 0.25) is 0 Å². The van der Waals surface area contributed by atoms with Gasteiger partial charge in [-0.2, -0.15) is 0 Å². The number of para-hydroxylation sites is 1. The molecule has 1 unspecified atom stereocenters. The van der Waals surface area contributed by atoms with Gasteiger partial charge in [0.15, 0.2) is 0 Å². The van der Waals surface area contributed by atoms with Crippen molar-refractivity contribution in [3.63, 3.8) is 0 Å². The van der Waals surface area contributed by atoms with E-state index in [0.29, 0.717) is 16.8 Å². The van der Waals surface area contributed by atoms with E-state index < -0.39 is 0 Å². The molecule has 3 saturated heterocycles. The Kier molecular flexibility index (Phi) is 3.79. The molecule has 0 N–H and O–H groups in total. The van der Waals surface area contributed by atoms with E-state index in [1.54, 1.807) is 0 Å². The average molecular weight is 357 g/mol. The number of fused-ring (bicyclic) bond motifs is 4. The lowest BCUT2D eigenvalue weighted by molar-refractivity contribution is 0.0191. The Morgan fingerprint density at radius 3 is 2.95 bits per heavy atom. The second kappa shape index (κ2) is 5.78. The normalized spacial score (nSPS) is 32.0. The topological polar surface area (TPSA) is 16.1 Å². The summed E-state index contributed by atoms with van der Waals surface area (Å²) < 4.78 is 0. The van der Waals surface area contributed by atoms with E-state index in [9.17, 15) is 0 Å². The third kappa shape index (κ3) is 2.31. The van der Waals surface area contributed by atoms with Gasteiger partial charge in [0.1, 0.15) is 0 Å². The molecular formula is C19H21BrN2. The number of alkyl halides is 1. The lowest BCUT2D eigenvalue weighted by Gasteiger charge is -2.50. The fraction of sp³-hybridized carbons (Fsp3) is 0.421. The average Bonchev–Trinajstić information content (AvgIpc) is 2.60. The molecule has 114 valence electrons. The Morgan fingerprint density at radius 1 is 1.32 bits per heavy atom. The Balaban J connectivity index is 1.67. The minimum absolute atomic E-state index is 0.369. The van der Waals surface area contributed by atoms with Crippen LogP contribution in [0.25, 0.3) is 10.9 Å². The van der Waals surface area contributed by atoms with E-state index in [1.807, 2.05) is 6.20 Å². The molecule has 3 aliphatic rings. The molecule has 3 fully saturated rings. The number of hydrogen-bond donors (Lipinski definition) is 0. The maximum atomic E-state index is 4.49. The monoisotopic (exact) mass is 356 g/mol. The molecule has 1 aromatic heterocycles. The number of halogens is 1. The van der Waals surface area contributed by atoms with Crippen molar-refractivity contribution in [2.45, 2.75) is 23.7 Å². The minimum Gasteiger partial charge on any atom is -0.298 e. The molecule has 2 bridgehead atoms. The van der Waals surface area contributed by atoms with Crippen molar-refractivity contribution in [2.75, 3.05) is 13.1 Å². The zero-order valence-electron chi connectivity index (χ0n) is 12.7. The molecule has 22 heavy (non-hydrogen) atoms. The van der Waals surface area contributed by atoms with Crippen LogP contribution in [-0.2, 0) is 0 Å². The van der Waals surface area contributed by atoms with E-state index in [-0.39, 0.29) is 0 Å². The maximum Gasteiger partial charge on any atom is 0.0705 e. The van der Waals surface area contributed by atoms with Gasteiger partial charge in [0.25, 0.3) is 0 Å². The number of hydrogen-bond acceptors (Lipinski definition) is 2. The zero-order valence-corrected chi connectivity index (χ0v) is 14.2. The van der Waals surface area contributed by atoms with Crippen LogP contribution in [0.5, 0.6) is 0 Å². The summed E-state index contributed by atoms with van der Waals surface area (Å²) in [6, 6.07) is 11.2. The Bertz CT molecular complexity index is 693. The first-order valence-corrected chi connectivity index (χ1v) is 9.04. The van der Waals surface area contributed by atoms with Crippen LogP contribution in [0, 0.1) is 11.8 Å². The highest BCUT2D eigenvalue weighted by Crippen LogP contribution is 2.44. The van der Waals surface area contributed by atoms with Crippen LogP contribution in [0.15, 0.2) is 49.2 Å². The first-order chi connectivity index (χ1) is 10.8. The summed E-state index contributed by atoms with van der Waals surface area (Å²) in [4.78, 5) is 7.52. The molecule has 0 amide bonds. The van der Waals surface area contributed by atoms with E-state index in [0.717, 1.165) is 11.4 Å². The van der Waals surface area contributed by atoms with Gasteiger partial charge in [0.2, 0.25) is 0 Å². The summed E-state index contributed by atoms with van der Waals surface area (Å²) in [5, 5.41) is 1.27. The third-order valence-corrected chi connectivity index (χ3v) is 6.58. The molecule has 0 saturated carbocycles. The summed E-state index contributed by atoms with van der Waals surface area (Å²) in [5.41, 5.74) is 2.46. The van der Waals surface area contributed by atoms with Gasteiger partial charge in [-0.1, -0.05) is 40.2 Å². The van der Waals surface area contributed by atoms with Crippen LogP contribution in [-0.4, -0.2) is 29.0 Å². The molecule has 3 heteroatoms. The van der Waals surface area contributed by atoms with Crippen LogP contribution >= 0.6 is 15.9 Å². The summed E-state index contributed by atoms with van der Waals surface area (Å²) in [5.74, 6) is 1.49. The Morgan fingerprint density at radius 2 is 2.18 bits per heavy atom. The smallest absolute Gasteiger partial charge is 0.0705 e. The number of aromatic nitrogens is 1.